The van der Waals surface area contributed by atoms with Gasteiger partial charge in [-0.1, -0.05) is 17.8 Å². The van der Waals surface area contributed by atoms with Crippen molar-refractivity contribution in [1.82, 2.24) is 9.97 Å². The van der Waals surface area contributed by atoms with E-state index in [0.29, 0.717) is 29.0 Å². The van der Waals surface area contributed by atoms with Crippen LogP contribution in [0, 0.1) is 0 Å². The van der Waals surface area contributed by atoms with Crippen molar-refractivity contribution in [3.63, 3.8) is 0 Å². The van der Waals surface area contributed by atoms with E-state index in [1.165, 1.54) is 6.07 Å². The zero-order valence-corrected chi connectivity index (χ0v) is 18.3. The summed E-state index contributed by atoms with van der Waals surface area (Å²) in [6.45, 7) is 3.21. The summed E-state index contributed by atoms with van der Waals surface area (Å²) in [5.74, 6) is -0.170. The van der Waals surface area contributed by atoms with Gasteiger partial charge in [-0.3, -0.25) is 0 Å². The lowest BCUT2D eigenvalue weighted by molar-refractivity contribution is -0.140. The summed E-state index contributed by atoms with van der Waals surface area (Å²) in [6, 6.07) is 10.4. The second-order valence-corrected chi connectivity index (χ2v) is 11.3. The molecule has 1 aromatic heterocycles. The van der Waals surface area contributed by atoms with Crippen LogP contribution >= 0.6 is 18.9 Å². The molecule has 0 saturated heterocycles. The number of anilines is 2. The Morgan fingerprint density at radius 1 is 0.938 bits per heavy atom. The molecular formula is C20H16F6N3OPS. The largest absolute Gasteiger partial charge is 0.420 e. The normalized spacial score (nSPS) is 12.6. The Balaban J connectivity index is 1.93. The molecule has 0 aliphatic heterocycles. The molecule has 170 valence electrons. The van der Waals surface area contributed by atoms with E-state index in [9.17, 15) is 30.9 Å². The fraction of sp³-hybridized carbons (Fsp3) is 0.200. The number of rotatable bonds is 5. The number of halogens is 6. The van der Waals surface area contributed by atoms with Gasteiger partial charge >= 0.3 is 12.4 Å². The quantitative estimate of drug-likeness (QED) is 0.246. The average Bonchev–Trinajstić information content (AvgIpc) is 2.66. The van der Waals surface area contributed by atoms with Crippen molar-refractivity contribution in [2.75, 3.05) is 18.6 Å². The van der Waals surface area contributed by atoms with Crippen LogP contribution in [-0.4, -0.2) is 23.3 Å². The molecule has 0 spiro atoms. The highest BCUT2D eigenvalue weighted by molar-refractivity contribution is 7.99. The lowest BCUT2D eigenvalue weighted by atomic mass is 10.2. The fourth-order valence-electron chi connectivity index (χ4n) is 2.58. The molecule has 1 N–H and O–H groups in total. The molecule has 12 heteroatoms. The molecule has 0 amide bonds. The maximum atomic E-state index is 13.4. The maximum absolute atomic E-state index is 13.4. The number of aromatic nitrogens is 2. The smallest absolute Gasteiger partial charge is 0.324 e. The summed E-state index contributed by atoms with van der Waals surface area (Å²) in [6.07, 6.45) is -8.85. The van der Waals surface area contributed by atoms with E-state index in [2.05, 4.69) is 15.3 Å². The predicted molar refractivity (Wildman–Crippen MR) is 111 cm³/mol. The summed E-state index contributed by atoms with van der Waals surface area (Å²) in [5.41, 5.74) is -1.71. The van der Waals surface area contributed by atoms with Crippen molar-refractivity contribution in [2.24, 2.45) is 0 Å². The van der Waals surface area contributed by atoms with E-state index < -0.39 is 35.6 Å². The second-order valence-electron chi connectivity index (χ2n) is 7.06. The van der Waals surface area contributed by atoms with Crippen molar-refractivity contribution in [3.8, 4) is 0 Å². The average molecular weight is 491 g/mol. The summed E-state index contributed by atoms with van der Waals surface area (Å²) in [5, 5.41) is 2.83. The molecule has 0 fully saturated rings. The van der Waals surface area contributed by atoms with Crippen LogP contribution in [0.5, 0.6) is 0 Å². The minimum absolute atomic E-state index is 0.0547. The van der Waals surface area contributed by atoms with Gasteiger partial charge in [-0.05, 0) is 55.8 Å². The van der Waals surface area contributed by atoms with Gasteiger partial charge in [0.2, 0.25) is 5.95 Å². The van der Waals surface area contributed by atoms with E-state index in [1.807, 2.05) is 0 Å². The highest BCUT2D eigenvalue weighted by atomic mass is 32.2. The Morgan fingerprint density at radius 2 is 1.59 bits per heavy atom. The standard InChI is InChI=1S/C20H16F6N3OPS/c1-31(2,30)14-8-6-13(7-9-14)28-18-27-11-16(20(24,25)26)17(29-18)32-15-5-3-4-12(10-15)19(21,22)23/h3-11H,1-2H3,(H,27,28,29). The summed E-state index contributed by atoms with van der Waals surface area (Å²) >= 11 is 0.454. The topological polar surface area (TPSA) is 54.9 Å². The van der Waals surface area contributed by atoms with Gasteiger partial charge in [0, 0.05) is 22.1 Å². The van der Waals surface area contributed by atoms with E-state index in [4.69, 9.17) is 0 Å². The van der Waals surface area contributed by atoms with Crippen LogP contribution < -0.4 is 10.6 Å². The Hall–Kier alpha value is -2.52. The van der Waals surface area contributed by atoms with Gasteiger partial charge in [-0.15, -0.1) is 0 Å². The summed E-state index contributed by atoms with van der Waals surface area (Å²) in [7, 11) is -2.48. The van der Waals surface area contributed by atoms with Gasteiger partial charge in [-0.2, -0.15) is 26.3 Å². The number of nitrogens with one attached hydrogen (secondary N) is 1. The summed E-state index contributed by atoms with van der Waals surface area (Å²) in [4.78, 5) is 7.50. The van der Waals surface area contributed by atoms with Crippen LogP contribution in [0.4, 0.5) is 38.0 Å². The maximum Gasteiger partial charge on any atom is 0.420 e. The van der Waals surface area contributed by atoms with Gasteiger partial charge in [-0.25, -0.2) is 9.97 Å². The molecule has 0 atom stereocenters. The van der Waals surface area contributed by atoms with Crippen molar-refractivity contribution in [3.05, 3.63) is 65.9 Å². The lowest BCUT2D eigenvalue weighted by Gasteiger charge is -2.14. The highest BCUT2D eigenvalue weighted by Crippen LogP contribution is 2.40. The number of nitrogens with zero attached hydrogens (tertiary/aromatic N) is 2. The van der Waals surface area contributed by atoms with Crippen LogP contribution in [0.15, 0.2) is 64.6 Å². The molecule has 1 heterocycles. The number of alkyl halides is 6. The molecular weight excluding hydrogens is 475 g/mol. The van der Waals surface area contributed by atoms with Crippen LogP contribution in [0.2, 0.25) is 0 Å². The highest BCUT2D eigenvalue weighted by Gasteiger charge is 2.36. The van der Waals surface area contributed by atoms with Gasteiger partial charge in [0.25, 0.3) is 0 Å². The van der Waals surface area contributed by atoms with E-state index >= 15 is 0 Å². The number of hydrogen-bond acceptors (Lipinski definition) is 5. The van der Waals surface area contributed by atoms with Crippen molar-refractivity contribution in [2.45, 2.75) is 22.3 Å². The van der Waals surface area contributed by atoms with Crippen LogP contribution in [-0.2, 0) is 16.9 Å². The molecule has 0 aliphatic rings. The SMILES string of the molecule is CP(C)(=O)c1ccc(Nc2ncc(C(F)(F)F)c(Sc3cccc(C(F)(F)F)c3)n2)cc1. The Kier molecular flexibility index (Phi) is 6.62. The second kappa shape index (κ2) is 8.78. The first-order chi connectivity index (χ1) is 14.7. The minimum Gasteiger partial charge on any atom is -0.324 e. The molecule has 3 aromatic rings. The van der Waals surface area contributed by atoms with E-state index in [-0.39, 0.29) is 10.8 Å². The zero-order chi connectivity index (χ0) is 23.7. The van der Waals surface area contributed by atoms with Crippen molar-refractivity contribution >= 4 is 35.8 Å². The van der Waals surface area contributed by atoms with Gasteiger partial charge in [0.05, 0.1) is 5.56 Å². The first kappa shape index (κ1) is 24.1. The van der Waals surface area contributed by atoms with Gasteiger partial charge < -0.3 is 9.88 Å². The fourth-order valence-corrected chi connectivity index (χ4v) is 4.41. The lowest BCUT2D eigenvalue weighted by Crippen LogP contribution is -2.11. The van der Waals surface area contributed by atoms with Crippen molar-refractivity contribution < 1.29 is 30.9 Å². The Morgan fingerprint density at radius 3 is 2.16 bits per heavy atom. The minimum atomic E-state index is -4.80. The predicted octanol–water partition coefficient (Wildman–Crippen LogP) is 6.66. The first-order valence-corrected chi connectivity index (χ1v) is 12.4. The van der Waals surface area contributed by atoms with Crippen LogP contribution in [0.25, 0.3) is 0 Å². The van der Waals surface area contributed by atoms with E-state index in [1.54, 1.807) is 37.6 Å². The van der Waals surface area contributed by atoms with E-state index in [0.717, 1.165) is 18.2 Å². The molecule has 4 nitrogen and oxygen atoms in total. The molecule has 0 unspecified atom stereocenters. The molecule has 0 radical (unpaired) electrons. The molecule has 0 saturated carbocycles. The van der Waals surface area contributed by atoms with Gasteiger partial charge in [0.15, 0.2) is 0 Å². The third-order valence-corrected chi connectivity index (χ3v) is 6.72. The number of benzene rings is 2. The van der Waals surface area contributed by atoms with Gasteiger partial charge in [0.1, 0.15) is 17.7 Å². The molecule has 0 aliphatic carbocycles. The van der Waals surface area contributed by atoms with Crippen molar-refractivity contribution in [1.29, 1.82) is 0 Å². The number of hydrogen-bond donors (Lipinski definition) is 1. The third-order valence-electron chi connectivity index (χ3n) is 4.18. The van der Waals surface area contributed by atoms with Crippen LogP contribution in [0.3, 0.4) is 0 Å². The first-order valence-electron chi connectivity index (χ1n) is 8.95. The summed E-state index contributed by atoms with van der Waals surface area (Å²) < 4.78 is 91.2. The monoisotopic (exact) mass is 491 g/mol. The van der Waals surface area contributed by atoms with Crippen LogP contribution in [0.1, 0.15) is 11.1 Å². The zero-order valence-electron chi connectivity index (χ0n) is 16.6. The molecule has 2 aromatic carbocycles. The molecule has 0 bridgehead atoms. The Bertz CT molecular complexity index is 1160. The molecule has 3 rings (SSSR count). The third kappa shape index (κ3) is 6.04. The Labute approximate surface area is 183 Å². The molecule has 32 heavy (non-hydrogen) atoms.